The number of aromatic amines is 1. The van der Waals surface area contributed by atoms with Crippen LogP contribution >= 0.6 is 0 Å². The summed E-state index contributed by atoms with van der Waals surface area (Å²) >= 11 is 0. The summed E-state index contributed by atoms with van der Waals surface area (Å²) in [6, 6.07) is 14.5. The summed E-state index contributed by atoms with van der Waals surface area (Å²) in [5, 5.41) is 1.16. The van der Waals surface area contributed by atoms with Crippen LogP contribution in [0.4, 0.5) is 0 Å². The lowest BCUT2D eigenvalue weighted by Gasteiger charge is -2.22. The number of aromatic nitrogens is 1. The Balaban J connectivity index is 1.62. The van der Waals surface area contributed by atoms with E-state index in [1.54, 1.807) is 13.0 Å². The summed E-state index contributed by atoms with van der Waals surface area (Å²) in [6.45, 7) is 2.94. The van der Waals surface area contributed by atoms with Gasteiger partial charge in [0.15, 0.2) is 0 Å². The Hall–Kier alpha value is -3.01. The van der Waals surface area contributed by atoms with Crippen LogP contribution in [0.3, 0.4) is 0 Å². The van der Waals surface area contributed by atoms with E-state index in [9.17, 15) is 4.79 Å². The Bertz CT molecular complexity index is 1030. The number of ether oxygens (including phenoxy) is 2. The average Bonchev–Trinajstić information content (AvgIpc) is 3.25. The smallest absolute Gasteiger partial charge is 0.330 e. The molecule has 2 aromatic carbocycles. The fraction of sp³-hybridized carbons (Fsp3) is 0.346. The molecule has 156 valence electrons. The van der Waals surface area contributed by atoms with Crippen LogP contribution in [0.25, 0.3) is 28.1 Å². The van der Waals surface area contributed by atoms with Crippen molar-refractivity contribution in [2.24, 2.45) is 5.92 Å². The quantitative estimate of drug-likeness (QED) is 0.368. The molecule has 4 rings (SSSR count). The van der Waals surface area contributed by atoms with Crippen LogP contribution in [0, 0.1) is 5.92 Å². The predicted octanol–water partition coefficient (Wildman–Crippen LogP) is 6.37. The van der Waals surface area contributed by atoms with Gasteiger partial charge in [-0.15, -0.1) is 0 Å². The second kappa shape index (κ2) is 9.66. The summed E-state index contributed by atoms with van der Waals surface area (Å²) in [5.74, 6) is 1.20. The molecular weight excluding hydrogens is 374 g/mol. The van der Waals surface area contributed by atoms with E-state index in [0.717, 1.165) is 39.9 Å². The molecule has 0 spiro atoms. The normalized spacial score (nSPS) is 15.0. The number of esters is 1. The van der Waals surface area contributed by atoms with Gasteiger partial charge in [0.05, 0.1) is 13.2 Å². The number of H-pyrrole nitrogens is 1. The van der Waals surface area contributed by atoms with Gasteiger partial charge in [0, 0.05) is 23.4 Å². The molecule has 1 aliphatic rings. The minimum atomic E-state index is -0.328. The van der Waals surface area contributed by atoms with E-state index >= 15 is 0 Å². The SMILES string of the molecule is CCOC(=O)/C=C/c1ccc(OCC2CCCCC2)c(-c2ccc3[nH]ccc3c2)c1. The van der Waals surface area contributed by atoms with Crippen molar-refractivity contribution < 1.29 is 14.3 Å². The Morgan fingerprint density at radius 3 is 2.80 bits per heavy atom. The van der Waals surface area contributed by atoms with Crippen molar-refractivity contribution in [3.8, 4) is 16.9 Å². The van der Waals surface area contributed by atoms with Gasteiger partial charge in [-0.25, -0.2) is 4.79 Å². The van der Waals surface area contributed by atoms with Crippen LogP contribution in [0.15, 0.2) is 54.7 Å². The van der Waals surface area contributed by atoms with E-state index in [0.29, 0.717) is 12.5 Å². The Morgan fingerprint density at radius 2 is 1.97 bits per heavy atom. The lowest BCUT2D eigenvalue weighted by Crippen LogP contribution is -2.15. The van der Waals surface area contributed by atoms with Gasteiger partial charge in [-0.2, -0.15) is 0 Å². The fourth-order valence-corrected chi connectivity index (χ4v) is 4.14. The van der Waals surface area contributed by atoms with E-state index in [2.05, 4.69) is 35.3 Å². The lowest BCUT2D eigenvalue weighted by atomic mass is 9.90. The van der Waals surface area contributed by atoms with Crippen molar-refractivity contribution in [3.05, 3.63) is 60.3 Å². The monoisotopic (exact) mass is 403 g/mol. The molecule has 0 radical (unpaired) electrons. The van der Waals surface area contributed by atoms with Gasteiger partial charge in [0.25, 0.3) is 0 Å². The zero-order chi connectivity index (χ0) is 20.8. The molecule has 0 aliphatic heterocycles. The summed E-state index contributed by atoms with van der Waals surface area (Å²) in [4.78, 5) is 14.9. The highest BCUT2D eigenvalue weighted by molar-refractivity contribution is 5.89. The number of hydrogen-bond acceptors (Lipinski definition) is 3. The fourth-order valence-electron chi connectivity index (χ4n) is 4.14. The first-order chi connectivity index (χ1) is 14.7. The van der Waals surface area contributed by atoms with Crippen molar-refractivity contribution in [1.82, 2.24) is 4.98 Å². The van der Waals surface area contributed by atoms with Gasteiger partial charge in [-0.1, -0.05) is 31.4 Å². The molecule has 30 heavy (non-hydrogen) atoms. The van der Waals surface area contributed by atoms with Gasteiger partial charge in [0.1, 0.15) is 5.75 Å². The van der Waals surface area contributed by atoms with Crippen LogP contribution in [-0.2, 0) is 9.53 Å². The van der Waals surface area contributed by atoms with Crippen LogP contribution in [0.1, 0.15) is 44.6 Å². The zero-order valence-electron chi connectivity index (χ0n) is 17.5. The molecule has 1 N–H and O–H groups in total. The molecule has 1 fully saturated rings. The van der Waals surface area contributed by atoms with Crippen LogP contribution in [0.5, 0.6) is 5.75 Å². The lowest BCUT2D eigenvalue weighted by molar-refractivity contribution is -0.137. The van der Waals surface area contributed by atoms with Crippen molar-refractivity contribution in [2.75, 3.05) is 13.2 Å². The molecule has 1 heterocycles. The maximum atomic E-state index is 11.7. The molecule has 0 atom stereocenters. The first-order valence-corrected chi connectivity index (χ1v) is 10.9. The van der Waals surface area contributed by atoms with Gasteiger partial charge in [-0.3, -0.25) is 0 Å². The largest absolute Gasteiger partial charge is 0.493 e. The van der Waals surface area contributed by atoms with Gasteiger partial charge >= 0.3 is 5.97 Å². The Morgan fingerprint density at radius 1 is 1.10 bits per heavy atom. The summed E-state index contributed by atoms with van der Waals surface area (Å²) in [6.07, 6.45) is 11.7. The first-order valence-electron chi connectivity index (χ1n) is 10.9. The molecule has 0 bridgehead atoms. The minimum absolute atomic E-state index is 0.328. The highest BCUT2D eigenvalue weighted by Gasteiger charge is 2.16. The van der Waals surface area contributed by atoms with E-state index < -0.39 is 0 Å². The molecule has 4 heteroatoms. The van der Waals surface area contributed by atoms with E-state index in [-0.39, 0.29) is 5.97 Å². The topological polar surface area (TPSA) is 51.3 Å². The van der Waals surface area contributed by atoms with Gasteiger partial charge in [0.2, 0.25) is 0 Å². The third kappa shape index (κ3) is 4.93. The summed E-state index contributed by atoms with van der Waals surface area (Å²) in [7, 11) is 0. The zero-order valence-corrected chi connectivity index (χ0v) is 17.5. The predicted molar refractivity (Wildman–Crippen MR) is 121 cm³/mol. The van der Waals surface area contributed by atoms with Crippen LogP contribution in [0.2, 0.25) is 0 Å². The second-order valence-corrected chi connectivity index (χ2v) is 7.94. The second-order valence-electron chi connectivity index (χ2n) is 7.94. The standard InChI is InChI=1S/C26H29NO3/c1-2-29-26(28)13-9-19-8-12-25(30-18-20-6-4-3-5-7-20)23(16-19)21-10-11-24-22(17-21)14-15-27-24/h8-17,20,27H,2-7,18H2,1H3/b13-9+. The maximum absolute atomic E-state index is 11.7. The highest BCUT2D eigenvalue weighted by atomic mass is 16.5. The van der Waals surface area contributed by atoms with Crippen molar-refractivity contribution in [2.45, 2.75) is 39.0 Å². The third-order valence-electron chi connectivity index (χ3n) is 5.77. The average molecular weight is 404 g/mol. The molecule has 1 aliphatic carbocycles. The van der Waals surface area contributed by atoms with Crippen LogP contribution in [-0.4, -0.2) is 24.2 Å². The molecule has 0 unspecified atom stereocenters. The van der Waals surface area contributed by atoms with Crippen molar-refractivity contribution in [3.63, 3.8) is 0 Å². The molecule has 0 saturated heterocycles. The van der Waals surface area contributed by atoms with Crippen LogP contribution < -0.4 is 4.74 Å². The molecule has 1 saturated carbocycles. The number of carbonyl (C=O) groups excluding carboxylic acids is 1. The molecule has 0 amide bonds. The summed E-state index contributed by atoms with van der Waals surface area (Å²) in [5.41, 5.74) is 4.20. The summed E-state index contributed by atoms with van der Waals surface area (Å²) < 4.78 is 11.3. The molecule has 1 aromatic heterocycles. The highest BCUT2D eigenvalue weighted by Crippen LogP contribution is 2.34. The first kappa shape index (κ1) is 20.3. The van der Waals surface area contributed by atoms with Gasteiger partial charge in [-0.05, 0) is 78.6 Å². The molecular formula is C26H29NO3. The molecule has 4 nitrogen and oxygen atoms in total. The molecule has 3 aromatic rings. The number of hydrogen-bond donors (Lipinski definition) is 1. The van der Waals surface area contributed by atoms with E-state index in [4.69, 9.17) is 9.47 Å². The minimum Gasteiger partial charge on any atom is -0.493 e. The van der Waals surface area contributed by atoms with E-state index in [1.807, 2.05) is 18.3 Å². The number of rotatable bonds is 7. The van der Waals surface area contributed by atoms with Gasteiger partial charge < -0.3 is 14.5 Å². The maximum Gasteiger partial charge on any atom is 0.330 e. The number of fused-ring (bicyclic) bond motifs is 1. The van der Waals surface area contributed by atoms with Crippen molar-refractivity contribution in [1.29, 1.82) is 0 Å². The van der Waals surface area contributed by atoms with Crippen molar-refractivity contribution >= 4 is 22.9 Å². The number of benzene rings is 2. The van der Waals surface area contributed by atoms with E-state index in [1.165, 1.54) is 38.2 Å². The number of carbonyl (C=O) groups is 1. The number of nitrogens with one attached hydrogen (secondary N) is 1. The Kier molecular flexibility index (Phi) is 6.53. The Labute approximate surface area is 177 Å². The third-order valence-corrected chi connectivity index (χ3v) is 5.77.